The average Bonchev–Trinajstić information content (AvgIpc) is 2.76. The second-order valence-electron chi connectivity index (χ2n) is 5.78. The van der Waals surface area contributed by atoms with Crippen LogP contribution >= 0.6 is 0 Å². The highest BCUT2D eigenvalue weighted by Crippen LogP contribution is 2.18. The number of rotatable bonds is 5. The highest BCUT2D eigenvalue weighted by Gasteiger charge is 2.20. The quantitative estimate of drug-likeness (QED) is 0.512. The minimum absolute atomic E-state index is 0.0000491. The Bertz CT molecular complexity index is 492. The van der Waals surface area contributed by atoms with Crippen LogP contribution in [0.1, 0.15) is 45.4 Å². The fraction of sp³-hybridized carbons (Fsp3) is 0.714. The molecular weight excluding hydrogens is 272 g/mol. The molecule has 0 bridgehead atoms. The highest BCUT2D eigenvalue weighted by atomic mass is 16.6. The predicted molar refractivity (Wildman–Crippen MR) is 77.7 cm³/mol. The van der Waals surface area contributed by atoms with E-state index in [9.17, 15) is 14.9 Å². The predicted octanol–water partition coefficient (Wildman–Crippen LogP) is 2.27. The van der Waals surface area contributed by atoms with Crippen LogP contribution in [0, 0.1) is 16.0 Å². The number of aromatic nitrogens is 2. The molecule has 1 aliphatic rings. The number of hydrogen-bond acceptors (Lipinski definition) is 4. The first-order valence-corrected chi connectivity index (χ1v) is 7.53. The summed E-state index contributed by atoms with van der Waals surface area (Å²) in [6.45, 7) is 2.17. The molecule has 2 rings (SSSR count). The lowest BCUT2D eigenvalue weighted by atomic mass is 10.1. The van der Waals surface area contributed by atoms with Gasteiger partial charge in [0.05, 0.1) is 17.4 Å². The standard InChI is InChI=1S/C14H22N4O3/c1-11(9-17-10-13(8-15-17)18(20)21)14(19)16-12-6-4-2-3-5-7-12/h8,10-12H,2-7,9H2,1H3,(H,16,19). The Morgan fingerprint density at radius 2 is 2.14 bits per heavy atom. The molecule has 1 aromatic heterocycles. The van der Waals surface area contributed by atoms with Crippen molar-refractivity contribution in [3.8, 4) is 0 Å². The minimum Gasteiger partial charge on any atom is -0.353 e. The Labute approximate surface area is 123 Å². The average molecular weight is 294 g/mol. The summed E-state index contributed by atoms with van der Waals surface area (Å²) in [7, 11) is 0. The van der Waals surface area contributed by atoms with Gasteiger partial charge in [0.1, 0.15) is 12.4 Å². The molecule has 0 aliphatic heterocycles. The Hall–Kier alpha value is -1.92. The molecule has 1 N–H and O–H groups in total. The van der Waals surface area contributed by atoms with Gasteiger partial charge in [0, 0.05) is 6.04 Å². The van der Waals surface area contributed by atoms with Gasteiger partial charge < -0.3 is 5.32 Å². The summed E-state index contributed by atoms with van der Waals surface area (Å²) >= 11 is 0. The van der Waals surface area contributed by atoms with Crippen LogP contribution in [0.3, 0.4) is 0 Å². The van der Waals surface area contributed by atoms with Crippen LogP contribution in [-0.4, -0.2) is 26.7 Å². The molecule has 1 unspecified atom stereocenters. The van der Waals surface area contributed by atoms with Crippen molar-refractivity contribution in [2.75, 3.05) is 0 Å². The molecular formula is C14H22N4O3. The van der Waals surface area contributed by atoms with E-state index in [1.807, 2.05) is 6.92 Å². The van der Waals surface area contributed by atoms with Crippen molar-refractivity contribution in [2.24, 2.45) is 5.92 Å². The zero-order valence-corrected chi connectivity index (χ0v) is 12.3. The maximum atomic E-state index is 12.2. The van der Waals surface area contributed by atoms with Crippen LogP contribution in [-0.2, 0) is 11.3 Å². The molecule has 1 saturated carbocycles. The number of nitrogens with zero attached hydrogens (tertiary/aromatic N) is 3. The Kier molecular flexibility index (Phi) is 5.30. The highest BCUT2D eigenvalue weighted by molar-refractivity contribution is 5.78. The van der Waals surface area contributed by atoms with Crippen LogP contribution in [0.4, 0.5) is 5.69 Å². The van der Waals surface area contributed by atoms with Crippen molar-refractivity contribution in [1.82, 2.24) is 15.1 Å². The van der Waals surface area contributed by atoms with E-state index in [4.69, 9.17) is 0 Å². The van der Waals surface area contributed by atoms with Crippen molar-refractivity contribution in [1.29, 1.82) is 0 Å². The van der Waals surface area contributed by atoms with Gasteiger partial charge in [0.15, 0.2) is 0 Å². The number of nitrogens with one attached hydrogen (secondary N) is 1. The second kappa shape index (κ2) is 7.19. The summed E-state index contributed by atoms with van der Waals surface area (Å²) in [5, 5.41) is 17.6. The van der Waals surface area contributed by atoms with Gasteiger partial charge in [-0.15, -0.1) is 0 Å². The Morgan fingerprint density at radius 3 is 2.71 bits per heavy atom. The lowest BCUT2D eigenvalue weighted by Gasteiger charge is -2.19. The number of nitro groups is 1. The zero-order chi connectivity index (χ0) is 15.2. The number of carbonyl (C=O) groups excluding carboxylic acids is 1. The largest absolute Gasteiger partial charge is 0.353 e. The van der Waals surface area contributed by atoms with Crippen molar-refractivity contribution in [3.05, 3.63) is 22.5 Å². The molecule has 1 fully saturated rings. The van der Waals surface area contributed by atoms with Crippen LogP contribution in [0.15, 0.2) is 12.4 Å². The van der Waals surface area contributed by atoms with Crippen LogP contribution in [0.2, 0.25) is 0 Å². The van der Waals surface area contributed by atoms with Crippen molar-refractivity contribution in [2.45, 2.75) is 58.0 Å². The third-order valence-electron chi connectivity index (χ3n) is 3.94. The summed E-state index contributed by atoms with van der Waals surface area (Å²) in [6, 6.07) is 0.273. The van der Waals surface area contributed by atoms with E-state index in [0.717, 1.165) is 12.8 Å². The summed E-state index contributed by atoms with van der Waals surface area (Å²) in [5.74, 6) is -0.257. The van der Waals surface area contributed by atoms with Crippen LogP contribution < -0.4 is 5.32 Å². The summed E-state index contributed by atoms with van der Waals surface area (Å²) in [4.78, 5) is 22.3. The third-order valence-corrected chi connectivity index (χ3v) is 3.94. The van der Waals surface area contributed by atoms with Gasteiger partial charge in [0.25, 0.3) is 0 Å². The number of carbonyl (C=O) groups is 1. The molecule has 0 radical (unpaired) electrons. The maximum absolute atomic E-state index is 12.2. The monoisotopic (exact) mass is 294 g/mol. The maximum Gasteiger partial charge on any atom is 0.306 e. The first kappa shape index (κ1) is 15.5. The van der Waals surface area contributed by atoms with Crippen LogP contribution in [0.25, 0.3) is 0 Å². The molecule has 0 aromatic carbocycles. The van der Waals surface area contributed by atoms with Gasteiger partial charge in [-0.1, -0.05) is 32.6 Å². The normalized spacial score (nSPS) is 18.0. The third kappa shape index (κ3) is 4.54. The molecule has 116 valence electrons. The first-order valence-electron chi connectivity index (χ1n) is 7.53. The topological polar surface area (TPSA) is 90.1 Å². The lowest BCUT2D eigenvalue weighted by molar-refractivity contribution is -0.385. The lowest BCUT2D eigenvalue weighted by Crippen LogP contribution is -2.39. The van der Waals surface area contributed by atoms with E-state index >= 15 is 0 Å². The van der Waals surface area contributed by atoms with Gasteiger partial charge in [-0.3, -0.25) is 19.6 Å². The van der Waals surface area contributed by atoms with E-state index in [0.29, 0.717) is 6.54 Å². The fourth-order valence-corrected chi connectivity index (χ4v) is 2.68. The summed E-state index contributed by atoms with van der Waals surface area (Å²) in [6.07, 6.45) is 9.50. The Balaban J connectivity index is 1.84. The molecule has 1 heterocycles. The minimum atomic E-state index is -0.486. The van der Waals surface area contributed by atoms with Gasteiger partial charge in [-0.2, -0.15) is 5.10 Å². The first-order chi connectivity index (χ1) is 10.1. The van der Waals surface area contributed by atoms with E-state index in [1.165, 1.54) is 42.8 Å². The molecule has 0 saturated heterocycles. The summed E-state index contributed by atoms with van der Waals surface area (Å²) < 4.78 is 1.45. The molecule has 0 spiro atoms. The van der Waals surface area contributed by atoms with Crippen molar-refractivity contribution in [3.63, 3.8) is 0 Å². The smallest absolute Gasteiger partial charge is 0.306 e. The zero-order valence-electron chi connectivity index (χ0n) is 12.3. The van der Waals surface area contributed by atoms with Gasteiger partial charge in [-0.25, -0.2) is 0 Å². The molecule has 1 amide bonds. The van der Waals surface area contributed by atoms with Gasteiger partial charge >= 0.3 is 5.69 Å². The fourth-order valence-electron chi connectivity index (χ4n) is 2.68. The SMILES string of the molecule is CC(Cn1cc([N+](=O)[O-])cn1)C(=O)NC1CCCCCC1. The molecule has 7 heteroatoms. The number of hydrogen-bond donors (Lipinski definition) is 1. The molecule has 1 aromatic rings. The number of amides is 1. The molecule has 21 heavy (non-hydrogen) atoms. The van der Waals surface area contributed by atoms with Gasteiger partial charge in [-0.05, 0) is 12.8 Å². The van der Waals surface area contributed by atoms with Crippen LogP contribution in [0.5, 0.6) is 0 Å². The second-order valence-corrected chi connectivity index (χ2v) is 5.78. The van der Waals surface area contributed by atoms with E-state index in [-0.39, 0.29) is 23.6 Å². The van der Waals surface area contributed by atoms with Gasteiger partial charge in [0.2, 0.25) is 5.91 Å². The Morgan fingerprint density at radius 1 is 1.48 bits per heavy atom. The van der Waals surface area contributed by atoms with Crippen molar-refractivity contribution < 1.29 is 9.72 Å². The van der Waals surface area contributed by atoms with E-state index < -0.39 is 4.92 Å². The molecule has 1 aliphatic carbocycles. The molecule has 7 nitrogen and oxygen atoms in total. The van der Waals surface area contributed by atoms with Crippen molar-refractivity contribution >= 4 is 11.6 Å². The van der Waals surface area contributed by atoms with E-state index in [1.54, 1.807) is 0 Å². The van der Waals surface area contributed by atoms with E-state index in [2.05, 4.69) is 10.4 Å². The molecule has 1 atom stereocenters. The summed E-state index contributed by atoms with van der Waals surface area (Å²) in [5.41, 5.74) is -0.0497.